The molecule has 0 bridgehead atoms. The average molecular weight is 224 g/mol. The van der Waals surface area contributed by atoms with Crippen molar-refractivity contribution in [2.24, 2.45) is 0 Å². The fourth-order valence-electron chi connectivity index (χ4n) is 1.67. The highest BCUT2D eigenvalue weighted by Crippen LogP contribution is 2.12. The molecule has 0 unspecified atom stereocenters. The number of Topliss-reactive ketones (excluding diaryl/α,β-unsaturated/α-hetero) is 1. The van der Waals surface area contributed by atoms with Crippen LogP contribution in [0.1, 0.15) is 12.8 Å². The van der Waals surface area contributed by atoms with Gasteiger partial charge in [-0.25, -0.2) is 0 Å². The van der Waals surface area contributed by atoms with Crippen LogP contribution in [0.4, 0.5) is 5.95 Å². The molecule has 16 heavy (non-hydrogen) atoms. The Labute approximate surface area is 94.2 Å². The summed E-state index contributed by atoms with van der Waals surface area (Å²) in [6.45, 7) is 5.30. The van der Waals surface area contributed by atoms with Crippen LogP contribution in [0.3, 0.4) is 0 Å². The van der Waals surface area contributed by atoms with Gasteiger partial charge in [0.15, 0.2) is 0 Å². The van der Waals surface area contributed by atoms with Crippen molar-refractivity contribution in [1.29, 1.82) is 0 Å². The normalized spacial score (nSPS) is 17.8. The van der Waals surface area contributed by atoms with Gasteiger partial charge in [-0.2, -0.15) is 4.98 Å². The number of carbonyl (C=O) groups excluding carboxylic acids is 1. The lowest BCUT2D eigenvalue weighted by Gasteiger charge is -2.31. The Hall–Kier alpha value is -1.43. The quantitative estimate of drug-likeness (QED) is 0.717. The summed E-state index contributed by atoms with van der Waals surface area (Å²) in [5, 5.41) is 3.89. The second-order valence-electron chi connectivity index (χ2n) is 4.16. The molecule has 88 valence electrons. The molecule has 0 aromatic carbocycles. The second-order valence-corrected chi connectivity index (χ2v) is 4.16. The van der Waals surface area contributed by atoms with E-state index in [0.717, 1.165) is 26.2 Å². The Bertz CT molecular complexity index is 369. The second kappa shape index (κ2) is 4.61. The third-order valence-corrected chi connectivity index (χ3v) is 2.64. The van der Waals surface area contributed by atoms with E-state index < -0.39 is 0 Å². The Morgan fingerprint density at radius 2 is 2.06 bits per heavy atom. The first-order valence-electron chi connectivity index (χ1n) is 5.40. The Balaban J connectivity index is 1.99. The van der Waals surface area contributed by atoms with Crippen molar-refractivity contribution in [1.82, 2.24) is 15.0 Å². The van der Waals surface area contributed by atoms with E-state index in [1.165, 1.54) is 6.92 Å². The molecule has 0 spiro atoms. The van der Waals surface area contributed by atoms with E-state index >= 15 is 0 Å². The molecule has 1 aliphatic rings. The average Bonchev–Trinajstić information content (AvgIpc) is 2.66. The van der Waals surface area contributed by atoms with Gasteiger partial charge in [0, 0.05) is 26.2 Å². The molecule has 1 fully saturated rings. The van der Waals surface area contributed by atoms with Crippen molar-refractivity contribution in [3.8, 4) is 0 Å². The van der Waals surface area contributed by atoms with Gasteiger partial charge in [0.2, 0.25) is 5.89 Å². The maximum atomic E-state index is 10.9. The zero-order chi connectivity index (χ0) is 11.5. The zero-order valence-electron chi connectivity index (χ0n) is 9.64. The number of likely N-dealkylation sites (N-methyl/N-ethyl adjacent to an activating group) is 1. The van der Waals surface area contributed by atoms with Gasteiger partial charge >= 0.3 is 0 Å². The van der Waals surface area contributed by atoms with E-state index in [-0.39, 0.29) is 12.2 Å². The van der Waals surface area contributed by atoms with Crippen LogP contribution >= 0.6 is 0 Å². The third-order valence-electron chi connectivity index (χ3n) is 2.64. The van der Waals surface area contributed by atoms with Crippen LogP contribution < -0.4 is 4.90 Å². The number of carbonyl (C=O) groups is 1. The van der Waals surface area contributed by atoms with Crippen molar-refractivity contribution in [3.05, 3.63) is 5.89 Å². The molecule has 0 N–H and O–H groups in total. The molecule has 1 aliphatic heterocycles. The molecule has 6 nitrogen and oxygen atoms in total. The summed E-state index contributed by atoms with van der Waals surface area (Å²) in [7, 11) is 2.09. The predicted molar refractivity (Wildman–Crippen MR) is 58.4 cm³/mol. The van der Waals surface area contributed by atoms with Crippen molar-refractivity contribution >= 4 is 11.7 Å². The summed E-state index contributed by atoms with van der Waals surface area (Å²) in [5.74, 6) is 1.04. The number of ketones is 1. The topological polar surface area (TPSA) is 62.5 Å². The highest BCUT2D eigenvalue weighted by atomic mass is 16.5. The monoisotopic (exact) mass is 224 g/mol. The lowest BCUT2D eigenvalue weighted by atomic mass is 10.3. The Morgan fingerprint density at radius 3 is 2.69 bits per heavy atom. The highest BCUT2D eigenvalue weighted by Gasteiger charge is 2.19. The van der Waals surface area contributed by atoms with Crippen molar-refractivity contribution in [2.75, 3.05) is 38.1 Å². The number of aromatic nitrogens is 2. The van der Waals surface area contributed by atoms with Crippen molar-refractivity contribution in [3.63, 3.8) is 0 Å². The van der Waals surface area contributed by atoms with Gasteiger partial charge in [-0.05, 0) is 19.1 Å². The molecule has 6 heteroatoms. The van der Waals surface area contributed by atoms with Gasteiger partial charge in [-0.15, -0.1) is 0 Å². The van der Waals surface area contributed by atoms with E-state index in [1.807, 2.05) is 0 Å². The molecule has 2 heterocycles. The van der Waals surface area contributed by atoms with E-state index in [2.05, 4.69) is 27.0 Å². The molecule has 0 saturated carbocycles. The first-order chi connectivity index (χ1) is 7.65. The summed E-state index contributed by atoms with van der Waals surface area (Å²) >= 11 is 0. The van der Waals surface area contributed by atoms with Crippen LogP contribution in [0.5, 0.6) is 0 Å². The lowest BCUT2D eigenvalue weighted by Crippen LogP contribution is -2.44. The number of hydrogen-bond acceptors (Lipinski definition) is 6. The van der Waals surface area contributed by atoms with Gasteiger partial charge in [0.05, 0.1) is 6.42 Å². The van der Waals surface area contributed by atoms with E-state index in [4.69, 9.17) is 4.52 Å². The minimum atomic E-state index is 0.0357. The molecular formula is C10H16N4O2. The minimum absolute atomic E-state index is 0.0357. The SMILES string of the molecule is CC(=O)Cc1nc(N2CCN(C)CC2)no1. The van der Waals surface area contributed by atoms with Gasteiger partial charge in [0.25, 0.3) is 5.95 Å². The molecule has 1 saturated heterocycles. The van der Waals surface area contributed by atoms with E-state index in [0.29, 0.717) is 11.8 Å². The summed E-state index contributed by atoms with van der Waals surface area (Å²) in [4.78, 5) is 19.4. The van der Waals surface area contributed by atoms with Crippen LogP contribution in [-0.4, -0.2) is 54.1 Å². The maximum absolute atomic E-state index is 10.9. The summed E-state index contributed by atoms with van der Waals surface area (Å²) in [5.41, 5.74) is 0. The van der Waals surface area contributed by atoms with Crippen molar-refractivity contribution < 1.29 is 9.32 Å². The van der Waals surface area contributed by atoms with Crippen LogP contribution in [-0.2, 0) is 11.2 Å². The number of nitrogens with zero attached hydrogens (tertiary/aromatic N) is 4. The smallest absolute Gasteiger partial charge is 0.266 e. The van der Waals surface area contributed by atoms with E-state index in [9.17, 15) is 4.79 Å². The fraction of sp³-hybridized carbons (Fsp3) is 0.700. The molecule has 2 rings (SSSR count). The molecular weight excluding hydrogens is 208 g/mol. The zero-order valence-corrected chi connectivity index (χ0v) is 9.64. The fourth-order valence-corrected chi connectivity index (χ4v) is 1.67. The standard InChI is InChI=1S/C10H16N4O2/c1-8(15)7-9-11-10(12-16-9)14-5-3-13(2)4-6-14/h3-7H2,1-2H3. The van der Waals surface area contributed by atoms with Crippen LogP contribution in [0.25, 0.3) is 0 Å². The predicted octanol–water partition coefficient (Wildman–Crippen LogP) is -0.0471. The van der Waals surface area contributed by atoms with Gasteiger partial charge in [0.1, 0.15) is 5.78 Å². The Morgan fingerprint density at radius 1 is 1.38 bits per heavy atom. The molecule has 0 aliphatic carbocycles. The molecule has 0 amide bonds. The third kappa shape index (κ3) is 2.57. The largest absolute Gasteiger partial charge is 0.337 e. The van der Waals surface area contributed by atoms with Gasteiger partial charge in [-0.1, -0.05) is 0 Å². The van der Waals surface area contributed by atoms with E-state index in [1.54, 1.807) is 0 Å². The Kier molecular flexibility index (Phi) is 3.19. The number of rotatable bonds is 3. The molecule has 0 radical (unpaired) electrons. The number of anilines is 1. The number of piperazine rings is 1. The van der Waals surface area contributed by atoms with Crippen molar-refractivity contribution in [2.45, 2.75) is 13.3 Å². The van der Waals surface area contributed by atoms with Crippen LogP contribution in [0.2, 0.25) is 0 Å². The minimum Gasteiger partial charge on any atom is -0.337 e. The first-order valence-corrected chi connectivity index (χ1v) is 5.40. The first kappa shape index (κ1) is 11.1. The van der Waals surface area contributed by atoms with Crippen LogP contribution in [0, 0.1) is 0 Å². The summed E-state index contributed by atoms with van der Waals surface area (Å²) < 4.78 is 5.02. The van der Waals surface area contributed by atoms with Gasteiger partial charge < -0.3 is 14.3 Å². The molecule has 1 aromatic heterocycles. The van der Waals surface area contributed by atoms with Crippen LogP contribution in [0.15, 0.2) is 4.52 Å². The lowest BCUT2D eigenvalue weighted by molar-refractivity contribution is -0.116. The van der Waals surface area contributed by atoms with Gasteiger partial charge in [-0.3, -0.25) is 4.79 Å². The summed E-state index contributed by atoms with van der Waals surface area (Å²) in [6.07, 6.45) is 0.223. The molecule has 1 aromatic rings. The maximum Gasteiger partial charge on any atom is 0.266 e. The number of hydrogen-bond donors (Lipinski definition) is 0. The summed E-state index contributed by atoms with van der Waals surface area (Å²) in [6, 6.07) is 0. The highest BCUT2D eigenvalue weighted by molar-refractivity contribution is 5.77. The molecule has 0 atom stereocenters.